The molecule has 0 spiro atoms. The number of aliphatic hydroxyl groups excluding tert-OH is 1. The van der Waals surface area contributed by atoms with E-state index in [1.54, 1.807) is 0 Å². The van der Waals surface area contributed by atoms with E-state index in [0.717, 1.165) is 29.3 Å². The molecule has 0 amide bonds. The van der Waals surface area contributed by atoms with Crippen molar-refractivity contribution in [1.82, 2.24) is 0 Å². The van der Waals surface area contributed by atoms with E-state index in [2.05, 4.69) is 46.3 Å². The fraction of sp³-hybridized carbons (Fsp3) is 0.333. The van der Waals surface area contributed by atoms with E-state index in [9.17, 15) is 5.11 Å². The van der Waals surface area contributed by atoms with E-state index in [0.29, 0.717) is 0 Å². The Morgan fingerprint density at radius 3 is 2.71 bits per heavy atom. The maximum atomic E-state index is 10.2. The van der Waals surface area contributed by atoms with Crippen molar-refractivity contribution in [2.24, 2.45) is 0 Å². The van der Waals surface area contributed by atoms with Gasteiger partial charge in [0.1, 0.15) is 0 Å². The van der Waals surface area contributed by atoms with Crippen LogP contribution in [0.25, 0.3) is 10.8 Å². The summed E-state index contributed by atoms with van der Waals surface area (Å²) in [7, 11) is 0. The molecule has 0 radical (unpaired) electrons. The Balaban J connectivity index is 2.34. The molecular formula is C15H15BrO. The maximum absolute atomic E-state index is 10.2. The Morgan fingerprint density at radius 2 is 1.88 bits per heavy atom. The Bertz CT molecular complexity index is 562. The molecule has 2 aromatic carbocycles. The van der Waals surface area contributed by atoms with Crippen molar-refractivity contribution in [2.75, 3.05) is 0 Å². The lowest BCUT2D eigenvalue weighted by Gasteiger charge is -2.15. The third-order valence-corrected chi connectivity index (χ3v) is 4.31. The van der Waals surface area contributed by atoms with Crippen LogP contribution in [-0.4, -0.2) is 5.11 Å². The van der Waals surface area contributed by atoms with Crippen molar-refractivity contribution >= 4 is 26.7 Å². The first kappa shape index (κ1) is 11.2. The molecule has 3 rings (SSSR count). The number of aliphatic hydroxyl groups is 1. The second-order valence-corrected chi connectivity index (χ2v) is 5.59. The Hall–Kier alpha value is -0.860. The van der Waals surface area contributed by atoms with Crippen LogP contribution in [0.1, 0.15) is 36.5 Å². The molecule has 17 heavy (non-hydrogen) atoms. The molecule has 0 fully saturated rings. The van der Waals surface area contributed by atoms with Crippen LogP contribution in [-0.2, 0) is 6.42 Å². The van der Waals surface area contributed by atoms with Gasteiger partial charge in [-0.2, -0.15) is 0 Å². The molecule has 1 N–H and O–H groups in total. The smallest absolute Gasteiger partial charge is 0.0793 e. The molecule has 1 nitrogen and oxygen atoms in total. The fourth-order valence-electron chi connectivity index (χ4n) is 2.78. The van der Waals surface area contributed by atoms with E-state index in [4.69, 9.17) is 0 Å². The monoisotopic (exact) mass is 290 g/mol. The van der Waals surface area contributed by atoms with Gasteiger partial charge in [0.05, 0.1) is 6.10 Å². The van der Waals surface area contributed by atoms with Crippen molar-refractivity contribution in [3.05, 3.63) is 45.9 Å². The van der Waals surface area contributed by atoms with E-state index in [1.165, 1.54) is 22.8 Å². The van der Waals surface area contributed by atoms with Gasteiger partial charge in [0, 0.05) is 4.47 Å². The minimum absolute atomic E-state index is 0.298. The summed E-state index contributed by atoms with van der Waals surface area (Å²) in [6.45, 7) is 0. The van der Waals surface area contributed by atoms with Gasteiger partial charge in [-0.1, -0.05) is 46.6 Å². The summed E-state index contributed by atoms with van der Waals surface area (Å²) >= 11 is 3.62. The molecule has 1 aliphatic carbocycles. The molecule has 0 aliphatic heterocycles. The average Bonchev–Trinajstić information content (AvgIpc) is 2.53. The van der Waals surface area contributed by atoms with Gasteiger partial charge in [-0.05, 0) is 47.2 Å². The molecule has 0 saturated carbocycles. The van der Waals surface area contributed by atoms with Crippen LogP contribution in [0.4, 0.5) is 0 Å². The molecule has 88 valence electrons. The van der Waals surface area contributed by atoms with Gasteiger partial charge in [-0.15, -0.1) is 0 Å². The predicted molar refractivity (Wildman–Crippen MR) is 74.2 cm³/mol. The Morgan fingerprint density at radius 1 is 1.12 bits per heavy atom. The highest BCUT2D eigenvalue weighted by molar-refractivity contribution is 9.10. The van der Waals surface area contributed by atoms with E-state index >= 15 is 0 Å². The van der Waals surface area contributed by atoms with Crippen LogP contribution in [0.15, 0.2) is 34.8 Å². The summed E-state index contributed by atoms with van der Waals surface area (Å²) in [6.07, 6.45) is 3.96. The van der Waals surface area contributed by atoms with Crippen LogP contribution < -0.4 is 0 Å². The van der Waals surface area contributed by atoms with Crippen molar-refractivity contribution in [1.29, 1.82) is 0 Å². The number of hydrogen-bond donors (Lipinski definition) is 1. The molecule has 2 heteroatoms. The van der Waals surface area contributed by atoms with Crippen molar-refractivity contribution < 1.29 is 5.11 Å². The quantitative estimate of drug-likeness (QED) is 0.715. The molecular weight excluding hydrogens is 276 g/mol. The topological polar surface area (TPSA) is 20.2 Å². The van der Waals surface area contributed by atoms with Gasteiger partial charge in [0.2, 0.25) is 0 Å². The zero-order valence-electron chi connectivity index (χ0n) is 9.62. The number of fused-ring (bicyclic) bond motifs is 3. The normalized spacial score (nSPS) is 20.0. The second kappa shape index (κ2) is 4.43. The lowest BCUT2D eigenvalue weighted by molar-refractivity contribution is 0.166. The number of aryl methyl sites for hydroxylation is 1. The number of benzene rings is 2. The SMILES string of the molecule is OC1CCCCc2c1cc(Br)c1ccccc21. The summed E-state index contributed by atoms with van der Waals surface area (Å²) in [5.74, 6) is 0. The summed E-state index contributed by atoms with van der Waals surface area (Å²) in [6, 6.07) is 10.5. The number of rotatable bonds is 0. The molecule has 2 aromatic rings. The minimum atomic E-state index is -0.298. The summed E-state index contributed by atoms with van der Waals surface area (Å²) in [4.78, 5) is 0. The Kier molecular flexibility index (Phi) is 2.93. The summed E-state index contributed by atoms with van der Waals surface area (Å²) in [5, 5.41) is 12.7. The molecule has 0 heterocycles. The van der Waals surface area contributed by atoms with Crippen LogP contribution in [0.3, 0.4) is 0 Å². The van der Waals surface area contributed by atoms with Gasteiger partial charge in [0.25, 0.3) is 0 Å². The fourth-order valence-corrected chi connectivity index (χ4v) is 3.38. The summed E-state index contributed by atoms with van der Waals surface area (Å²) < 4.78 is 1.09. The predicted octanol–water partition coefficient (Wildman–Crippen LogP) is 4.36. The van der Waals surface area contributed by atoms with E-state index < -0.39 is 0 Å². The van der Waals surface area contributed by atoms with Crippen molar-refractivity contribution in [3.63, 3.8) is 0 Å². The first-order valence-electron chi connectivity index (χ1n) is 6.15. The van der Waals surface area contributed by atoms with Gasteiger partial charge in [-0.25, -0.2) is 0 Å². The first-order chi connectivity index (χ1) is 8.27. The summed E-state index contributed by atoms with van der Waals surface area (Å²) in [5.41, 5.74) is 2.46. The minimum Gasteiger partial charge on any atom is -0.388 e. The van der Waals surface area contributed by atoms with Gasteiger partial charge >= 0.3 is 0 Å². The van der Waals surface area contributed by atoms with Crippen molar-refractivity contribution in [3.8, 4) is 0 Å². The van der Waals surface area contributed by atoms with E-state index in [-0.39, 0.29) is 6.10 Å². The number of hydrogen-bond acceptors (Lipinski definition) is 1. The van der Waals surface area contributed by atoms with Crippen LogP contribution >= 0.6 is 15.9 Å². The Labute approximate surface area is 110 Å². The van der Waals surface area contributed by atoms with Crippen LogP contribution in [0.5, 0.6) is 0 Å². The first-order valence-corrected chi connectivity index (χ1v) is 6.95. The molecule has 0 saturated heterocycles. The van der Waals surface area contributed by atoms with Gasteiger partial charge < -0.3 is 5.11 Å². The highest BCUT2D eigenvalue weighted by Crippen LogP contribution is 2.37. The van der Waals surface area contributed by atoms with Crippen LogP contribution in [0.2, 0.25) is 0 Å². The average molecular weight is 291 g/mol. The molecule has 0 aromatic heterocycles. The molecule has 1 aliphatic rings. The third-order valence-electron chi connectivity index (χ3n) is 3.65. The largest absolute Gasteiger partial charge is 0.388 e. The standard InChI is InChI=1S/C15H15BrO/c16-14-9-13-11(6-3-4-8-15(13)17)10-5-1-2-7-12(10)14/h1-2,5,7,9,15,17H,3-4,6,8H2. The third kappa shape index (κ3) is 1.90. The molecule has 0 bridgehead atoms. The lowest BCUT2D eigenvalue weighted by Crippen LogP contribution is -2.00. The highest BCUT2D eigenvalue weighted by atomic mass is 79.9. The maximum Gasteiger partial charge on any atom is 0.0793 e. The molecule has 1 unspecified atom stereocenters. The van der Waals surface area contributed by atoms with Gasteiger partial charge in [0.15, 0.2) is 0 Å². The van der Waals surface area contributed by atoms with Crippen molar-refractivity contribution in [2.45, 2.75) is 31.8 Å². The lowest BCUT2D eigenvalue weighted by atomic mass is 9.94. The second-order valence-electron chi connectivity index (χ2n) is 4.73. The highest BCUT2D eigenvalue weighted by Gasteiger charge is 2.19. The van der Waals surface area contributed by atoms with Gasteiger partial charge in [-0.3, -0.25) is 0 Å². The molecule has 1 atom stereocenters. The number of halogens is 1. The van der Waals surface area contributed by atoms with E-state index in [1.807, 2.05) is 0 Å². The zero-order chi connectivity index (χ0) is 11.8. The van der Waals surface area contributed by atoms with Crippen LogP contribution in [0, 0.1) is 0 Å². The zero-order valence-corrected chi connectivity index (χ0v) is 11.2.